The van der Waals surface area contributed by atoms with Gasteiger partial charge in [-0.2, -0.15) is 0 Å². The molecule has 1 atom stereocenters. The highest BCUT2D eigenvalue weighted by Gasteiger charge is 2.31. The molecular weight excluding hydrogens is 232 g/mol. The van der Waals surface area contributed by atoms with Crippen molar-refractivity contribution < 1.29 is 14.7 Å². The van der Waals surface area contributed by atoms with E-state index in [-0.39, 0.29) is 5.57 Å². The van der Waals surface area contributed by atoms with Crippen molar-refractivity contribution in [1.82, 2.24) is 4.98 Å². The Kier molecular flexibility index (Phi) is 3.14. The Labute approximate surface area is 105 Å². The SMILES string of the molecule is CCN1C=C(C(=O)O)C(C=O)c2ccc(C)nc21. The van der Waals surface area contributed by atoms with E-state index >= 15 is 0 Å². The second kappa shape index (κ2) is 4.60. The quantitative estimate of drug-likeness (QED) is 0.818. The van der Waals surface area contributed by atoms with Gasteiger partial charge in [0.2, 0.25) is 0 Å². The van der Waals surface area contributed by atoms with Crippen molar-refractivity contribution in [2.75, 3.05) is 11.4 Å². The number of hydrogen-bond acceptors (Lipinski definition) is 4. The Morgan fingerprint density at radius 3 is 2.83 bits per heavy atom. The zero-order valence-electron chi connectivity index (χ0n) is 10.3. The highest BCUT2D eigenvalue weighted by molar-refractivity contribution is 5.96. The van der Waals surface area contributed by atoms with Crippen molar-refractivity contribution in [2.45, 2.75) is 19.8 Å². The summed E-state index contributed by atoms with van der Waals surface area (Å²) < 4.78 is 0. The van der Waals surface area contributed by atoms with E-state index in [9.17, 15) is 9.59 Å². The Morgan fingerprint density at radius 2 is 2.28 bits per heavy atom. The van der Waals surface area contributed by atoms with Crippen molar-refractivity contribution in [1.29, 1.82) is 0 Å². The van der Waals surface area contributed by atoms with Crippen LogP contribution in [0.2, 0.25) is 0 Å². The van der Waals surface area contributed by atoms with E-state index < -0.39 is 11.9 Å². The van der Waals surface area contributed by atoms with Gasteiger partial charge in [-0.15, -0.1) is 0 Å². The standard InChI is InChI=1S/C13H14N2O3/c1-3-15-6-10(13(17)18)11(7-16)9-5-4-8(2)14-12(9)15/h4-7,11H,3H2,1-2H3,(H,17,18). The van der Waals surface area contributed by atoms with Crippen LogP contribution in [0.3, 0.4) is 0 Å². The summed E-state index contributed by atoms with van der Waals surface area (Å²) in [6, 6.07) is 3.56. The van der Waals surface area contributed by atoms with Crippen molar-refractivity contribution in [3.05, 3.63) is 35.2 Å². The zero-order chi connectivity index (χ0) is 13.3. The summed E-state index contributed by atoms with van der Waals surface area (Å²) in [4.78, 5) is 28.5. The van der Waals surface area contributed by atoms with E-state index in [4.69, 9.17) is 5.11 Å². The Morgan fingerprint density at radius 1 is 1.56 bits per heavy atom. The Bertz CT molecular complexity index is 537. The van der Waals surface area contributed by atoms with E-state index in [1.54, 1.807) is 17.0 Å². The smallest absolute Gasteiger partial charge is 0.334 e. The molecule has 0 amide bonds. The number of anilines is 1. The number of nitrogens with zero attached hydrogens (tertiary/aromatic N) is 2. The van der Waals surface area contributed by atoms with Crippen LogP contribution in [-0.2, 0) is 9.59 Å². The Balaban J connectivity index is 2.62. The summed E-state index contributed by atoms with van der Waals surface area (Å²) in [6.07, 6.45) is 2.15. The molecule has 2 heterocycles. The average Bonchev–Trinajstić information content (AvgIpc) is 2.36. The minimum atomic E-state index is -1.07. The second-order valence-corrected chi connectivity index (χ2v) is 4.15. The molecule has 2 rings (SSSR count). The molecule has 0 saturated carbocycles. The first-order valence-corrected chi connectivity index (χ1v) is 5.73. The number of aryl methyl sites for hydroxylation is 1. The predicted octanol–water partition coefficient (Wildman–Crippen LogP) is 1.48. The molecular formula is C13H14N2O3. The highest BCUT2D eigenvalue weighted by atomic mass is 16.4. The molecule has 0 bridgehead atoms. The lowest BCUT2D eigenvalue weighted by Crippen LogP contribution is -2.28. The summed E-state index contributed by atoms with van der Waals surface area (Å²) in [7, 11) is 0. The average molecular weight is 246 g/mol. The fraction of sp³-hybridized carbons (Fsp3) is 0.308. The monoisotopic (exact) mass is 246 g/mol. The molecule has 1 N–H and O–H groups in total. The summed E-state index contributed by atoms with van der Waals surface area (Å²) in [5.74, 6) is -1.15. The van der Waals surface area contributed by atoms with Crippen LogP contribution in [0, 0.1) is 6.92 Å². The number of carbonyl (C=O) groups excluding carboxylic acids is 1. The summed E-state index contributed by atoms with van der Waals surface area (Å²) in [6.45, 7) is 4.37. The maximum absolute atomic E-state index is 11.2. The molecule has 1 aliphatic rings. The zero-order valence-corrected chi connectivity index (χ0v) is 10.3. The van der Waals surface area contributed by atoms with Gasteiger partial charge in [0.1, 0.15) is 12.1 Å². The summed E-state index contributed by atoms with van der Waals surface area (Å²) in [5.41, 5.74) is 1.58. The van der Waals surface area contributed by atoms with Crippen LogP contribution in [0.1, 0.15) is 24.1 Å². The van der Waals surface area contributed by atoms with Crippen LogP contribution in [0.4, 0.5) is 5.82 Å². The first-order valence-electron chi connectivity index (χ1n) is 5.73. The van der Waals surface area contributed by atoms with Gasteiger partial charge in [0.25, 0.3) is 0 Å². The van der Waals surface area contributed by atoms with Crippen molar-refractivity contribution in [3.8, 4) is 0 Å². The molecule has 0 fully saturated rings. The normalized spacial score (nSPS) is 18.0. The molecule has 1 aromatic heterocycles. The van der Waals surface area contributed by atoms with Crippen molar-refractivity contribution >= 4 is 18.1 Å². The number of aldehydes is 1. The molecule has 1 aromatic rings. The van der Waals surface area contributed by atoms with Gasteiger partial charge in [-0.25, -0.2) is 9.78 Å². The number of carboxylic acid groups (broad SMARTS) is 1. The van der Waals surface area contributed by atoms with Gasteiger partial charge in [0.15, 0.2) is 0 Å². The molecule has 18 heavy (non-hydrogen) atoms. The van der Waals surface area contributed by atoms with E-state index in [2.05, 4.69) is 4.98 Å². The lowest BCUT2D eigenvalue weighted by atomic mass is 9.90. The molecule has 0 aliphatic carbocycles. The number of rotatable bonds is 3. The van der Waals surface area contributed by atoms with Gasteiger partial charge >= 0.3 is 5.97 Å². The minimum Gasteiger partial charge on any atom is -0.478 e. The largest absolute Gasteiger partial charge is 0.478 e. The van der Waals surface area contributed by atoms with Crippen LogP contribution in [0.25, 0.3) is 0 Å². The third-order valence-electron chi connectivity index (χ3n) is 3.01. The predicted molar refractivity (Wildman–Crippen MR) is 66.5 cm³/mol. The van der Waals surface area contributed by atoms with Crippen LogP contribution in [0.5, 0.6) is 0 Å². The number of pyridine rings is 1. The highest BCUT2D eigenvalue weighted by Crippen LogP contribution is 2.35. The second-order valence-electron chi connectivity index (χ2n) is 4.15. The molecule has 1 aliphatic heterocycles. The number of carbonyl (C=O) groups is 2. The fourth-order valence-electron chi connectivity index (χ4n) is 2.08. The fourth-order valence-corrected chi connectivity index (χ4v) is 2.08. The number of aromatic nitrogens is 1. The van der Waals surface area contributed by atoms with E-state index in [1.807, 2.05) is 13.8 Å². The molecule has 0 spiro atoms. The summed E-state index contributed by atoms with van der Waals surface area (Å²) in [5, 5.41) is 9.16. The van der Waals surface area contributed by atoms with Crippen LogP contribution >= 0.6 is 0 Å². The van der Waals surface area contributed by atoms with Crippen LogP contribution in [0.15, 0.2) is 23.9 Å². The molecule has 94 valence electrons. The maximum Gasteiger partial charge on any atom is 0.334 e. The topological polar surface area (TPSA) is 70.5 Å². The van der Waals surface area contributed by atoms with Crippen molar-refractivity contribution in [2.24, 2.45) is 0 Å². The maximum atomic E-state index is 11.2. The van der Waals surface area contributed by atoms with Crippen molar-refractivity contribution in [3.63, 3.8) is 0 Å². The van der Waals surface area contributed by atoms with Crippen LogP contribution in [-0.4, -0.2) is 28.9 Å². The third kappa shape index (κ3) is 1.88. The van der Waals surface area contributed by atoms with Gasteiger partial charge < -0.3 is 14.8 Å². The molecule has 0 aromatic carbocycles. The van der Waals surface area contributed by atoms with E-state index in [0.29, 0.717) is 24.2 Å². The van der Waals surface area contributed by atoms with Crippen LogP contribution < -0.4 is 4.90 Å². The number of aliphatic carboxylic acids is 1. The number of fused-ring (bicyclic) bond motifs is 1. The lowest BCUT2D eigenvalue weighted by molar-refractivity contribution is -0.133. The first kappa shape index (κ1) is 12.3. The number of carboxylic acids is 1. The number of hydrogen-bond donors (Lipinski definition) is 1. The van der Waals surface area contributed by atoms with Gasteiger partial charge in [-0.3, -0.25) is 0 Å². The van der Waals surface area contributed by atoms with Gasteiger partial charge in [-0.05, 0) is 19.9 Å². The molecule has 5 nitrogen and oxygen atoms in total. The molecule has 0 saturated heterocycles. The van der Waals surface area contributed by atoms with Gasteiger partial charge in [0.05, 0.1) is 11.5 Å². The molecule has 1 unspecified atom stereocenters. The van der Waals surface area contributed by atoms with E-state index in [1.165, 1.54) is 6.20 Å². The lowest BCUT2D eigenvalue weighted by Gasteiger charge is -2.29. The first-order chi connectivity index (χ1) is 8.58. The van der Waals surface area contributed by atoms with E-state index in [0.717, 1.165) is 5.69 Å². The summed E-state index contributed by atoms with van der Waals surface area (Å²) >= 11 is 0. The molecule has 5 heteroatoms. The minimum absolute atomic E-state index is 0.0880. The molecule has 0 radical (unpaired) electrons. The Hall–Kier alpha value is -2.17. The van der Waals surface area contributed by atoms with Gasteiger partial charge in [0, 0.05) is 24.0 Å². The van der Waals surface area contributed by atoms with Gasteiger partial charge in [-0.1, -0.05) is 6.07 Å². The third-order valence-corrected chi connectivity index (χ3v) is 3.01.